The van der Waals surface area contributed by atoms with Gasteiger partial charge in [0.05, 0.1) is 17.6 Å². The highest BCUT2D eigenvalue weighted by Crippen LogP contribution is 2.28. The van der Waals surface area contributed by atoms with Gasteiger partial charge in [-0.1, -0.05) is 12.1 Å². The lowest BCUT2D eigenvalue weighted by molar-refractivity contribution is 0.0694. The molecule has 0 bridgehead atoms. The van der Waals surface area contributed by atoms with Crippen molar-refractivity contribution in [1.29, 1.82) is 0 Å². The fourth-order valence-corrected chi connectivity index (χ4v) is 4.63. The molecule has 1 unspecified atom stereocenters. The first kappa shape index (κ1) is 17.0. The first-order chi connectivity index (χ1) is 11.6. The Labute approximate surface area is 148 Å². The van der Waals surface area contributed by atoms with Gasteiger partial charge in [-0.2, -0.15) is 11.8 Å². The molecule has 2 aromatic rings. The Hall–Kier alpha value is -1.86. The lowest BCUT2D eigenvalue weighted by atomic mass is 10.2. The number of aromatic carboxylic acids is 1. The Kier molecular flexibility index (Phi) is 5.52. The second-order valence-electron chi connectivity index (χ2n) is 5.38. The molecule has 1 fully saturated rings. The smallest absolute Gasteiger partial charge is 0.339 e. The maximum absolute atomic E-state index is 12.5. The number of rotatable bonds is 6. The number of hydrogen-bond donors (Lipinski definition) is 2. The van der Waals surface area contributed by atoms with Crippen LogP contribution in [-0.2, 0) is 5.75 Å². The van der Waals surface area contributed by atoms with Crippen molar-refractivity contribution in [3.63, 3.8) is 0 Å². The van der Waals surface area contributed by atoms with Gasteiger partial charge in [0.1, 0.15) is 11.3 Å². The van der Waals surface area contributed by atoms with Crippen molar-refractivity contribution in [3.8, 4) is 0 Å². The van der Waals surface area contributed by atoms with Crippen molar-refractivity contribution in [2.45, 2.75) is 23.1 Å². The molecule has 1 aliphatic heterocycles. The summed E-state index contributed by atoms with van der Waals surface area (Å²) in [7, 11) is 0. The lowest BCUT2D eigenvalue weighted by Gasteiger charge is -2.13. The van der Waals surface area contributed by atoms with E-state index in [9.17, 15) is 9.59 Å². The summed E-state index contributed by atoms with van der Waals surface area (Å²) in [5, 5.41) is 12.2. The summed E-state index contributed by atoms with van der Waals surface area (Å²) in [4.78, 5) is 24.4. The van der Waals surface area contributed by atoms with Crippen LogP contribution >= 0.6 is 23.5 Å². The van der Waals surface area contributed by atoms with E-state index in [-0.39, 0.29) is 17.5 Å². The summed E-state index contributed by atoms with van der Waals surface area (Å²) in [6.07, 6.45) is 2.37. The molecule has 1 aliphatic rings. The third kappa shape index (κ3) is 3.96. The maximum Gasteiger partial charge on any atom is 0.339 e. The van der Waals surface area contributed by atoms with E-state index in [2.05, 4.69) is 5.32 Å². The van der Waals surface area contributed by atoms with E-state index in [1.54, 1.807) is 6.07 Å². The molecule has 1 aromatic heterocycles. The van der Waals surface area contributed by atoms with Crippen molar-refractivity contribution in [2.75, 3.05) is 11.5 Å². The summed E-state index contributed by atoms with van der Waals surface area (Å²) in [5.41, 5.74) is 0.773. The fraction of sp³-hybridized carbons (Fsp3) is 0.294. The number of benzene rings is 1. The Balaban J connectivity index is 1.70. The SMILES string of the molecule is O=C(NC1CCSC1)c1ccccc1SCc1occc1C(=O)O. The summed E-state index contributed by atoms with van der Waals surface area (Å²) in [6.45, 7) is 0. The van der Waals surface area contributed by atoms with Gasteiger partial charge < -0.3 is 14.8 Å². The molecule has 1 saturated heterocycles. The van der Waals surface area contributed by atoms with Crippen molar-refractivity contribution in [3.05, 3.63) is 53.5 Å². The van der Waals surface area contributed by atoms with E-state index in [0.717, 1.165) is 22.8 Å². The summed E-state index contributed by atoms with van der Waals surface area (Å²) < 4.78 is 5.25. The predicted molar refractivity (Wildman–Crippen MR) is 94.9 cm³/mol. The quantitative estimate of drug-likeness (QED) is 0.765. The van der Waals surface area contributed by atoms with Crippen LogP contribution in [0, 0.1) is 0 Å². The highest BCUT2D eigenvalue weighted by Gasteiger charge is 2.20. The Morgan fingerprint density at radius 3 is 2.88 bits per heavy atom. The Morgan fingerprint density at radius 2 is 2.12 bits per heavy atom. The van der Waals surface area contributed by atoms with Crippen molar-refractivity contribution in [1.82, 2.24) is 5.32 Å². The number of hydrogen-bond acceptors (Lipinski definition) is 5. The van der Waals surface area contributed by atoms with Gasteiger partial charge in [0.25, 0.3) is 5.91 Å². The van der Waals surface area contributed by atoms with E-state index in [4.69, 9.17) is 9.52 Å². The molecule has 7 heteroatoms. The lowest BCUT2D eigenvalue weighted by Crippen LogP contribution is -2.34. The van der Waals surface area contributed by atoms with E-state index in [1.807, 2.05) is 30.0 Å². The minimum absolute atomic E-state index is 0.0801. The zero-order valence-corrected chi connectivity index (χ0v) is 14.5. The van der Waals surface area contributed by atoms with Crippen LogP contribution in [0.2, 0.25) is 0 Å². The second kappa shape index (κ2) is 7.81. The molecule has 5 nitrogen and oxygen atoms in total. The van der Waals surface area contributed by atoms with Gasteiger partial charge in [0.2, 0.25) is 0 Å². The number of nitrogens with one attached hydrogen (secondary N) is 1. The topological polar surface area (TPSA) is 79.5 Å². The van der Waals surface area contributed by atoms with Gasteiger partial charge in [-0.3, -0.25) is 4.79 Å². The minimum Gasteiger partial charge on any atom is -0.478 e. The first-order valence-electron chi connectivity index (χ1n) is 7.55. The molecule has 3 rings (SSSR count). The van der Waals surface area contributed by atoms with Crippen LogP contribution in [0.25, 0.3) is 0 Å². The van der Waals surface area contributed by atoms with Crippen LogP contribution in [0.3, 0.4) is 0 Å². The van der Waals surface area contributed by atoms with Crippen LogP contribution in [0.1, 0.15) is 32.9 Å². The molecule has 1 amide bonds. The number of amides is 1. The van der Waals surface area contributed by atoms with Gasteiger partial charge in [-0.25, -0.2) is 4.79 Å². The van der Waals surface area contributed by atoms with E-state index >= 15 is 0 Å². The standard InChI is InChI=1S/C17H17NO4S2/c19-16(18-11-6-8-23-9-11)13-3-1-2-4-15(13)24-10-14-12(17(20)21)5-7-22-14/h1-5,7,11H,6,8-10H2,(H,18,19)(H,20,21). The number of carbonyl (C=O) groups excluding carboxylic acids is 1. The second-order valence-corrected chi connectivity index (χ2v) is 7.55. The van der Waals surface area contributed by atoms with Crippen LogP contribution in [0.5, 0.6) is 0 Å². The maximum atomic E-state index is 12.5. The normalized spacial score (nSPS) is 16.9. The predicted octanol–water partition coefficient (Wildman–Crippen LogP) is 3.51. The number of carbonyl (C=O) groups is 2. The summed E-state index contributed by atoms with van der Waals surface area (Å²) >= 11 is 3.25. The molecule has 0 spiro atoms. The fourth-order valence-electron chi connectivity index (χ4n) is 2.48. The molecule has 0 radical (unpaired) electrons. The zero-order chi connectivity index (χ0) is 16.9. The number of carboxylic acids is 1. The van der Waals surface area contributed by atoms with Crippen LogP contribution < -0.4 is 5.32 Å². The zero-order valence-electron chi connectivity index (χ0n) is 12.9. The molecule has 24 heavy (non-hydrogen) atoms. The van der Waals surface area contributed by atoms with Gasteiger partial charge >= 0.3 is 5.97 Å². The largest absolute Gasteiger partial charge is 0.478 e. The molecule has 0 aliphatic carbocycles. The van der Waals surface area contributed by atoms with Crippen LogP contribution in [0.4, 0.5) is 0 Å². The van der Waals surface area contributed by atoms with E-state index in [1.165, 1.54) is 24.1 Å². The van der Waals surface area contributed by atoms with Gasteiger partial charge in [-0.05, 0) is 30.4 Å². The molecule has 2 heterocycles. The molecular formula is C17H17NO4S2. The first-order valence-corrected chi connectivity index (χ1v) is 9.69. The van der Waals surface area contributed by atoms with Gasteiger partial charge in [-0.15, -0.1) is 11.8 Å². The number of thioether (sulfide) groups is 2. The Bertz CT molecular complexity index is 738. The average molecular weight is 363 g/mol. The highest BCUT2D eigenvalue weighted by atomic mass is 32.2. The van der Waals surface area contributed by atoms with Gasteiger partial charge in [0.15, 0.2) is 0 Å². The third-order valence-corrected chi connectivity index (χ3v) is 5.97. The number of carboxylic acid groups (broad SMARTS) is 1. The van der Waals surface area contributed by atoms with Crippen molar-refractivity contribution < 1.29 is 19.1 Å². The molecule has 1 atom stereocenters. The summed E-state index contributed by atoms with van der Waals surface area (Å²) in [6, 6.07) is 9.02. The molecule has 2 N–H and O–H groups in total. The molecule has 0 saturated carbocycles. The Morgan fingerprint density at radius 1 is 1.29 bits per heavy atom. The van der Waals surface area contributed by atoms with Crippen molar-refractivity contribution >= 4 is 35.4 Å². The van der Waals surface area contributed by atoms with Gasteiger partial charge in [0, 0.05) is 16.7 Å². The van der Waals surface area contributed by atoms with Crippen molar-refractivity contribution in [2.24, 2.45) is 0 Å². The molecular weight excluding hydrogens is 346 g/mol. The molecule has 126 valence electrons. The minimum atomic E-state index is -1.01. The van der Waals surface area contributed by atoms with E-state index in [0.29, 0.717) is 17.1 Å². The summed E-state index contributed by atoms with van der Waals surface area (Å²) in [5.74, 6) is 1.70. The van der Waals surface area contributed by atoms with E-state index < -0.39 is 5.97 Å². The monoisotopic (exact) mass is 363 g/mol. The third-order valence-electron chi connectivity index (χ3n) is 3.73. The average Bonchev–Trinajstić information content (AvgIpc) is 3.24. The van der Waals surface area contributed by atoms with Crippen LogP contribution in [-0.4, -0.2) is 34.5 Å². The number of furan rings is 1. The highest BCUT2D eigenvalue weighted by molar-refractivity contribution is 7.99. The van der Waals surface area contributed by atoms with Crippen LogP contribution in [0.15, 0.2) is 45.9 Å². The molecule has 1 aromatic carbocycles.